The van der Waals surface area contributed by atoms with Crippen LogP contribution in [0.4, 0.5) is 5.82 Å². The molecule has 9 nitrogen and oxygen atoms in total. The van der Waals surface area contributed by atoms with Crippen molar-refractivity contribution in [1.29, 1.82) is 0 Å². The van der Waals surface area contributed by atoms with Crippen LogP contribution in [0, 0.1) is 6.92 Å². The molecule has 0 aliphatic heterocycles. The Morgan fingerprint density at radius 1 is 1.39 bits per heavy atom. The van der Waals surface area contributed by atoms with Crippen LogP contribution in [0.15, 0.2) is 12.5 Å². The molecule has 2 aromatic heterocycles. The van der Waals surface area contributed by atoms with Crippen LogP contribution >= 0.6 is 0 Å². The van der Waals surface area contributed by atoms with Gasteiger partial charge in [-0.3, -0.25) is 9.48 Å². The van der Waals surface area contributed by atoms with Gasteiger partial charge in [-0.25, -0.2) is 9.78 Å². The fourth-order valence-corrected chi connectivity index (χ4v) is 2.42. The minimum atomic E-state index is -1.12. The molecule has 124 valence electrons. The number of carboxylic acids is 1. The third-order valence-electron chi connectivity index (χ3n) is 3.38. The van der Waals surface area contributed by atoms with E-state index >= 15 is 0 Å². The zero-order valence-corrected chi connectivity index (χ0v) is 13.6. The van der Waals surface area contributed by atoms with Gasteiger partial charge in [0, 0.05) is 39.4 Å². The summed E-state index contributed by atoms with van der Waals surface area (Å²) in [6.07, 6.45) is 2.64. The average molecular weight is 320 g/mol. The predicted molar refractivity (Wildman–Crippen MR) is 83.3 cm³/mol. The molecule has 0 aromatic carbocycles. The highest BCUT2D eigenvalue weighted by Gasteiger charge is 2.16. The average Bonchev–Trinajstić information content (AvgIpc) is 3.01. The van der Waals surface area contributed by atoms with Crippen LogP contribution in [-0.2, 0) is 24.9 Å². The molecular formula is C14H20N6O3. The summed E-state index contributed by atoms with van der Waals surface area (Å²) in [7, 11) is 5.69. The van der Waals surface area contributed by atoms with Crippen molar-refractivity contribution in [3.05, 3.63) is 29.5 Å². The lowest BCUT2D eigenvalue weighted by atomic mass is 10.2. The number of aryl methyl sites for hydroxylation is 2. The third kappa shape index (κ3) is 3.68. The summed E-state index contributed by atoms with van der Waals surface area (Å²) in [4.78, 5) is 28.4. The molecule has 2 N–H and O–H groups in total. The maximum Gasteiger partial charge on any atom is 0.356 e. The van der Waals surface area contributed by atoms with Gasteiger partial charge in [0.05, 0.1) is 12.0 Å². The van der Waals surface area contributed by atoms with E-state index in [0.29, 0.717) is 6.54 Å². The van der Waals surface area contributed by atoms with Crippen LogP contribution in [0.3, 0.4) is 0 Å². The summed E-state index contributed by atoms with van der Waals surface area (Å²) in [5.41, 5.74) is 1.71. The van der Waals surface area contributed by atoms with Gasteiger partial charge in [0.1, 0.15) is 12.4 Å². The fourth-order valence-electron chi connectivity index (χ4n) is 2.42. The highest BCUT2D eigenvalue weighted by Crippen LogP contribution is 2.20. The molecule has 0 radical (unpaired) electrons. The number of carboxylic acid groups (broad SMARTS) is 1. The number of hydrogen-bond acceptors (Lipinski definition) is 5. The lowest BCUT2D eigenvalue weighted by molar-refractivity contribution is -0.121. The van der Waals surface area contributed by atoms with Crippen LogP contribution < -0.4 is 10.2 Å². The van der Waals surface area contributed by atoms with E-state index in [1.807, 2.05) is 33.0 Å². The van der Waals surface area contributed by atoms with E-state index in [-0.39, 0.29) is 18.1 Å². The molecular weight excluding hydrogens is 300 g/mol. The van der Waals surface area contributed by atoms with Crippen molar-refractivity contribution in [3.63, 3.8) is 0 Å². The molecule has 23 heavy (non-hydrogen) atoms. The Kier molecular flexibility index (Phi) is 4.68. The lowest BCUT2D eigenvalue weighted by Gasteiger charge is -2.15. The highest BCUT2D eigenvalue weighted by molar-refractivity contribution is 5.85. The number of nitrogens with zero attached hydrogens (tertiary/aromatic N) is 5. The van der Waals surface area contributed by atoms with E-state index in [9.17, 15) is 9.59 Å². The Labute approximate surface area is 133 Å². The number of rotatable bonds is 6. The zero-order valence-electron chi connectivity index (χ0n) is 13.6. The molecule has 0 saturated heterocycles. The number of carbonyl (C=O) groups excluding carboxylic acids is 1. The zero-order chi connectivity index (χ0) is 17.1. The first-order valence-corrected chi connectivity index (χ1v) is 7.01. The van der Waals surface area contributed by atoms with Gasteiger partial charge in [-0.2, -0.15) is 5.10 Å². The summed E-state index contributed by atoms with van der Waals surface area (Å²) in [5, 5.41) is 16.0. The molecule has 0 unspecified atom stereocenters. The molecule has 2 aromatic rings. The number of anilines is 1. The second kappa shape index (κ2) is 6.51. The topological polar surface area (TPSA) is 105 Å². The minimum absolute atomic E-state index is 0.0108. The maximum absolute atomic E-state index is 12.0. The highest BCUT2D eigenvalue weighted by atomic mass is 16.4. The molecule has 0 aliphatic carbocycles. The first kappa shape index (κ1) is 16.5. The fraction of sp³-hybridized carbons (Fsp3) is 0.429. The van der Waals surface area contributed by atoms with Gasteiger partial charge < -0.3 is 19.9 Å². The van der Waals surface area contributed by atoms with Crippen LogP contribution in [0.1, 0.15) is 21.7 Å². The van der Waals surface area contributed by atoms with E-state index in [4.69, 9.17) is 5.11 Å². The van der Waals surface area contributed by atoms with Crippen molar-refractivity contribution in [2.75, 3.05) is 19.0 Å². The predicted octanol–water partition coefficient (Wildman–Crippen LogP) is 0.00562. The Hall–Kier alpha value is -2.84. The van der Waals surface area contributed by atoms with E-state index in [1.165, 1.54) is 17.1 Å². The van der Waals surface area contributed by atoms with Crippen molar-refractivity contribution < 1.29 is 14.7 Å². The second-order valence-electron chi connectivity index (χ2n) is 5.42. The summed E-state index contributed by atoms with van der Waals surface area (Å²) in [6.45, 7) is 2.26. The van der Waals surface area contributed by atoms with Crippen molar-refractivity contribution in [1.82, 2.24) is 24.6 Å². The summed E-state index contributed by atoms with van der Waals surface area (Å²) in [6, 6.07) is 0. The number of carbonyl (C=O) groups is 2. The number of nitrogens with one attached hydrogen (secondary N) is 1. The molecule has 1 amide bonds. The van der Waals surface area contributed by atoms with Gasteiger partial charge in [0.2, 0.25) is 5.91 Å². The number of imidazole rings is 1. The largest absolute Gasteiger partial charge is 0.476 e. The normalized spacial score (nSPS) is 10.6. The van der Waals surface area contributed by atoms with Gasteiger partial charge in [0.25, 0.3) is 0 Å². The van der Waals surface area contributed by atoms with E-state index in [1.54, 1.807) is 4.68 Å². The molecule has 2 heterocycles. The molecule has 9 heteroatoms. The summed E-state index contributed by atoms with van der Waals surface area (Å²) >= 11 is 0. The number of hydrogen-bond donors (Lipinski definition) is 2. The van der Waals surface area contributed by atoms with Crippen LogP contribution in [0.5, 0.6) is 0 Å². The molecule has 0 fully saturated rings. The molecule has 2 rings (SSSR count). The monoisotopic (exact) mass is 320 g/mol. The van der Waals surface area contributed by atoms with Crippen molar-refractivity contribution in [3.8, 4) is 0 Å². The van der Waals surface area contributed by atoms with Gasteiger partial charge in [0.15, 0.2) is 5.69 Å². The van der Waals surface area contributed by atoms with E-state index < -0.39 is 5.97 Å². The van der Waals surface area contributed by atoms with Crippen LogP contribution in [0.25, 0.3) is 0 Å². The SMILES string of the molecule is Cc1nn(C)c(N(C)C)c1CNC(=O)Cn1cnc(C(=O)O)c1. The smallest absolute Gasteiger partial charge is 0.356 e. The van der Waals surface area contributed by atoms with Crippen LogP contribution in [0.2, 0.25) is 0 Å². The first-order valence-electron chi connectivity index (χ1n) is 7.01. The Bertz CT molecular complexity index is 731. The van der Waals surface area contributed by atoms with Gasteiger partial charge in [-0.1, -0.05) is 0 Å². The van der Waals surface area contributed by atoms with Crippen LogP contribution in [-0.4, -0.2) is 50.4 Å². The molecule has 0 spiro atoms. The van der Waals surface area contributed by atoms with E-state index in [0.717, 1.165) is 17.1 Å². The number of aromatic nitrogens is 4. The molecule has 0 atom stereocenters. The maximum atomic E-state index is 12.0. The minimum Gasteiger partial charge on any atom is -0.476 e. The van der Waals surface area contributed by atoms with Gasteiger partial charge in [-0.15, -0.1) is 0 Å². The lowest BCUT2D eigenvalue weighted by Crippen LogP contribution is -2.27. The Morgan fingerprint density at radius 2 is 2.09 bits per heavy atom. The standard InChI is InChI=1S/C14H20N6O3/c1-9-10(13(18(2)3)19(4)17-9)5-15-12(21)7-20-6-11(14(22)23)16-8-20/h6,8H,5,7H2,1-4H3,(H,15,21)(H,22,23). The number of amides is 1. The van der Waals surface area contributed by atoms with Gasteiger partial charge in [-0.05, 0) is 6.92 Å². The molecule has 0 aliphatic rings. The molecule has 0 saturated carbocycles. The third-order valence-corrected chi connectivity index (χ3v) is 3.38. The van der Waals surface area contributed by atoms with Gasteiger partial charge >= 0.3 is 5.97 Å². The summed E-state index contributed by atoms with van der Waals surface area (Å²) in [5.74, 6) is -0.420. The second-order valence-corrected chi connectivity index (χ2v) is 5.42. The summed E-state index contributed by atoms with van der Waals surface area (Å²) < 4.78 is 3.20. The molecule has 0 bridgehead atoms. The quantitative estimate of drug-likeness (QED) is 0.776. The first-order chi connectivity index (χ1) is 10.8. The number of aromatic carboxylic acids is 1. The van der Waals surface area contributed by atoms with Crippen molar-refractivity contribution in [2.24, 2.45) is 7.05 Å². The Morgan fingerprint density at radius 3 is 2.65 bits per heavy atom. The Balaban J connectivity index is 2.00. The van der Waals surface area contributed by atoms with E-state index in [2.05, 4.69) is 15.4 Å². The van der Waals surface area contributed by atoms with Crippen molar-refractivity contribution in [2.45, 2.75) is 20.0 Å². The van der Waals surface area contributed by atoms with Crippen molar-refractivity contribution >= 4 is 17.7 Å².